The van der Waals surface area contributed by atoms with Crippen molar-refractivity contribution in [3.8, 4) is 11.3 Å². The topological polar surface area (TPSA) is 29.3 Å². The standard InChI is InChI=1S/C24H31N3/c1-17-14-15-27-21(16-17)26-22(23(27)25-20-8-6-5-7-9-20)18-10-12-19(13-11-18)24(2,3)4/h10-16,20,25H,5-9H2,1-4H3. The maximum atomic E-state index is 5.00. The number of aryl methyl sites for hydroxylation is 1. The number of rotatable bonds is 3. The summed E-state index contributed by atoms with van der Waals surface area (Å²) in [5.41, 5.74) is 6.02. The highest BCUT2D eigenvalue weighted by Crippen LogP contribution is 2.33. The highest BCUT2D eigenvalue weighted by Gasteiger charge is 2.20. The highest BCUT2D eigenvalue weighted by atomic mass is 15.1. The summed E-state index contributed by atoms with van der Waals surface area (Å²) >= 11 is 0. The molecule has 0 bridgehead atoms. The van der Waals surface area contributed by atoms with E-state index in [1.54, 1.807) is 0 Å². The molecule has 1 aliphatic rings. The number of fused-ring (bicyclic) bond motifs is 1. The van der Waals surface area contributed by atoms with Gasteiger partial charge in [0, 0.05) is 17.8 Å². The average molecular weight is 362 g/mol. The molecule has 2 aromatic heterocycles. The summed E-state index contributed by atoms with van der Waals surface area (Å²) in [6.07, 6.45) is 8.66. The second kappa shape index (κ2) is 7.03. The molecule has 3 nitrogen and oxygen atoms in total. The van der Waals surface area contributed by atoms with Gasteiger partial charge in [0.05, 0.1) is 0 Å². The van der Waals surface area contributed by atoms with Crippen LogP contribution in [0.4, 0.5) is 5.82 Å². The van der Waals surface area contributed by atoms with Gasteiger partial charge in [-0.2, -0.15) is 0 Å². The van der Waals surface area contributed by atoms with Crippen LogP contribution in [0.25, 0.3) is 16.9 Å². The quantitative estimate of drug-likeness (QED) is 0.589. The second-order valence-electron chi connectivity index (χ2n) is 9.05. The molecule has 0 spiro atoms. The van der Waals surface area contributed by atoms with Crippen molar-refractivity contribution in [1.29, 1.82) is 0 Å². The predicted molar refractivity (Wildman–Crippen MR) is 115 cm³/mol. The lowest BCUT2D eigenvalue weighted by Crippen LogP contribution is -2.23. The number of hydrogen-bond acceptors (Lipinski definition) is 2. The fourth-order valence-electron chi connectivity index (χ4n) is 4.05. The lowest BCUT2D eigenvalue weighted by molar-refractivity contribution is 0.462. The Morgan fingerprint density at radius 2 is 1.70 bits per heavy atom. The molecule has 2 heterocycles. The fourth-order valence-corrected chi connectivity index (χ4v) is 4.05. The first-order valence-corrected chi connectivity index (χ1v) is 10.3. The molecule has 1 aliphatic carbocycles. The molecule has 0 aliphatic heterocycles. The van der Waals surface area contributed by atoms with Crippen LogP contribution >= 0.6 is 0 Å². The summed E-state index contributed by atoms with van der Waals surface area (Å²) in [4.78, 5) is 5.00. The van der Waals surface area contributed by atoms with Gasteiger partial charge in [-0.05, 0) is 48.4 Å². The van der Waals surface area contributed by atoms with Crippen LogP contribution in [0.1, 0.15) is 64.0 Å². The smallest absolute Gasteiger partial charge is 0.139 e. The second-order valence-corrected chi connectivity index (χ2v) is 9.05. The van der Waals surface area contributed by atoms with E-state index >= 15 is 0 Å². The van der Waals surface area contributed by atoms with E-state index in [0.29, 0.717) is 6.04 Å². The molecule has 27 heavy (non-hydrogen) atoms. The zero-order valence-corrected chi connectivity index (χ0v) is 17.0. The van der Waals surface area contributed by atoms with E-state index in [4.69, 9.17) is 4.98 Å². The van der Waals surface area contributed by atoms with Crippen LogP contribution in [0.15, 0.2) is 42.6 Å². The van der Waals surface area contributed by atoms with Crippen LogP contribution in [0, 0.1) is 6.92 Å². The number of nitrogens with zero attached hydrogens (tertiary/aromatic N) is 2. The minimum Gasteiger partial charge on any atom is -0.367 e. The number of hydrogen-bond donors (Lipinski definition) is 1. The lowest BCUT2D eigenvalue weighted by atomic mass is 9.86. The van der Waals surface area contributed by atoms with Gasteiger partial charge in [-0.15, -0.1) is 0 Å². The maximum absolute atomic E-state index is 5.00. The summed E-state index contributed by atoms with van der Waals surface area (Å²) in [6.45, 7) is 8.89. The van der Waals surface area contributed by atoms with Gasteiger partial charge in [0.25, 0.3) is 0 Å². The van der Waals surface area contributed by atoms with Crippen LogP contribution in [0.3, 0.4) is 0 Å². The maximum Gasteiger partial charge on any atom is 0.139 e. The Labute approximate surface area is 162 Å². The van der Waals surface area contributed by atoms with Gasteiger partial charge in [-0.1, -0.05) is 64.3 Å². The number of anilines is 1. The third-order valence-corrected chi connectivity index (χ3v) is 5.75. The third-order valence-electron chi connectivity index (χ3n) is 5.75. The zero-order valence-electron chi connectivity index (χ0n) is 17.0. The van der Waals surface area contributed by atoms with Crippen LogP contribution in [-0.4, -0.2) is 15.4 Å². The molecular formula is C24H31N3. The summed E-state index contributed by atoms with van der Waals surface area (Å²) < 4.78 is 2.22. The monoisotopic (exact) mass is 361 g/mol. The average Bonchev–Trinajstić information content (AvgIpc) is 2.99. The first-order valence-electron chi connectivity index (χ1n) is 10.3. The number of benzene rings is 1. The van der Waals surface area contributed by atoms with Crippen LogP contribution in [-0.2, 0) is 5.41 Å². The van der Waals surface area contributed by atoms with E-state index in [1.165, 1.54) is 48.8 Å². The van der Waals surface area contributed by atoms with Crippen molar-refractivity contribution in [2.24, 2.45) is 0 Å². The molecule has 1 N–H and O–H groups in total. The van der Waals surface area contributed by atoms with Crippen molar-refractivity contribution in [2.75, 3.05) is 5.32 Å². The Morgan fingerprint density at radius 1 is 1.00 bits per heavy atom. The zero-order chi connectivity index (χ0) is 19.0. The van der Waals surface area contributed by atoms with Crippen molar-refractivity contribution in [3.05, 3.63) is 53.7 Å². The van der Waals surface area contributed by atoms with Crippen molar-refractivity contribution >= 4 is 11.5 Å². The van der Waals surface area contributed by atoms with E-state index in [-0.39, 0.29) is 5.41 Å². The van der Waals surface area contributed by atoms with Crippen LogP contribution < -0.4 is 5.32 Å². The van der Waals surface area contributed by atoms with Crippen molar-refractivity contribution < 1.29 is 0 Å². The van der Waals surface area contributed by atoms with Gasteiger partial charge in [0.2, 0.25) is 0 Å². The van der Waals surface area contributed by atoms with E-state index in [1.807, 2.05) is 0 Å². The molecule has 1 saturated carbocycles. The molecular weight excluding hydrogens is 330 g/mol. The lowest BCUT2D eigenvalue weighted by Gasteiger charge is -2.24. The van der Waals surface area contributed by atoms with Gasteiger partial charge < -0.3 is 5.32 Å². The molecule has 4 rings (SSSR count). The predicted octanol–water partition coefficient (Wildman–Crippen LogP) is 6.35. The van der Waals surface area contributed by atoms with Crippen molar-refractivity contribution in [1.82, 2.24) is 9.38 Å². The molecule has 1 fully saturated rings. The number of aromatic nitrogens is 2. The Balaban J connectivity index is 1.77. The molecule has 3 heteroatoms. The molecule has 0 amide bonds. The van der Waals surface area contributed by atoms with Gasteiger partial charge in [-0.25, -0.2) is 4.98 Å². The Morgan fingerprint density at radius 3 is 2.37 bits per heavy atom. The fraction of sp³-hybridized carbons (Fsp3) is 0.458. The van der Waals surface area contributed by atoms with E-state index in [9.17, 15) is 0 Å². The first kappa shape index (κ1) is 18.1. The Bertz CT molecular complexity index is 923. The summed E-state index contributed by atoms with van der Waals surface area (Å²) in [7, 11) is 0. The molecule has 3 aromatic rings. The van der Waals surface area contributed by atoms with Crippen LogP contribution in [0.5, 0.6) is 0 Å². The summed E-state index contributed by atoms with van der Waals surface area (Å²) in [5, 5.41) is 3.84. The molecule has 0 atom stereocenters. The van der Waals surface area contributed by atoms with Gasteiger partial charge >= 0.3 is 0 Å². The van der Waals surface area contributed by atoms with Gasteiger partial charge in [-0.3, -0.25) is 4.40 Å². The normalized spacial score (nSPS) is 16.0. The van der Waals surface area contributed by atoms with Crippen molar-refractivity contribution in [3.63, 3.8) is 0 Å². The molecule has 142 valence electrons. The minimum absolute atomic E-state index is 0.164. The Kier molecular flexibility index (Phi) is 4.71. The third kappa shape index (κ3) is 3.73. The highest BCUT2D eigenvalue weighted by molar-refractivity contribution is 5.77. The largest absolute Gasteiger partial charge is 0.367 e. The number of imidazole rings is 1. The van der Waals surface area contributed by atoms with Gasteiger partial charge in [0.15, 0.2) is 0 Å². The molecule has 0 saturated heterocycles. The van der Waals surface area contributed by atoms with E-state index in [0.717, 1.165) is 17.2 Å². The summed E-state index contributed by atoms with van der Waals surface area (Å²) in [6, 6.07) is 13.8. The molecule has 0 unspecified atom stereocenters. The number of pyridine rings is 1. The van der Waals surface area contributed by atoms with Gasteiger partial charge in [0.1, 0.15) is 17.2 Å². The first-order chi connectivity index (χ1) is 12.9. The van der Waals surface area contributed by atoms with E-state index < -0.39 is 0 Å². The molecule has 0 radical (unpaired) electrons. The van der Waals surface area contributed by atoms with E-state index in [2.05, 4.69) is 80.0 Å². The van der Waals surface area contributed by atoms with Crippen LogP contribution in [0.2, 0.25) is 0 Å². The SMILES string of the molecule is Cc1ccn2c(NC3CCCCC3)c(-c3ccc(C(C)(C)C)cc3)nc2c1. The Hall–Kier alpha value is -2.29. The minimum atomic E-state index is 0.164. The number of nitrogens with one attached hydrogen (secondary N) is 1. The van der Waals surface area contributed by atoms with Crippen molar-refractivity contribution in [2.45, 2.75) is 71.3 Å². The summed E-state index contributed by atoms with van der Waals surface area (Å²) in [5.74, 6) is 1.14. The molecule has 1 aromatic carbocycles.